The van der Waals surface area contributed by atoms with Crippen molar-refractivity contribution in [1.29, 1.82) is 0 Å². The van der Waals surface area contributed by atoms with Crippen molar-refractivity contribution < 1.29 is 14.3 Å². The van der Waals surface area contributed by atoms with Gasteiger partial charge in [-0.25, -0.2) is 10.2 Å². The summed E-state index contributed by atoms with van der Waals surface area (Å²) in [5.41, 5.74) is 6.05. The standard InChI is InChI=1S/C15H22BrN3O3/c1-15(2,3)12(18-14(21)22-4)13(20)19-17-9-10-5-7-11(16)8-6-10/h5-8,12,17H,9H2,1-4H3,(H,18,21)(H,19,20)/t12-/m1/s1. The van der Waals surface area contributed by atoms with Crippen LogP contribution < -0.4 is 16.2 Å². The van der Waals surface area contributed by atoms with E-state index in [2.05, 4.69) is 36.8 Å². The summed E-state index contributed by atoms with van der Waals surface area (Å²) in [4.78, 5) is 23.6. The smallest absolute Gasteiger partial charge is 0.407 e. The lowest BCUT2D eigenvalue weighted by Gasteiger charge is -2.29. The fraction of sp³-hybridized carbons (Fsp3) is 0.467. The Morgan fingerprint density at radius 3 is 2.32 bits per heavy atom. The van der Waals surface area contributed by atoms with Crippen molar-refractivity contribution in [2.24, 2.45) is 5.41 Å². The lowest BCUT2D eigenvalue weighted by molar-refractivity contribution is -0.126. The monoisotopic (exact) mass is 371 g/mol. The van der Waals surface area contributed by atoms with Crippen LogP contribution in [0.15, 0.2) is 28.7 Å². The molecule has 1 rings (SSSR count). The van der Waals surface area contributed by atoms with Gasteiger partial charge in [-0.3, -0.25) is 10.2 Å². The third-order valence-corrected chi connectivity index (χ3v) is 3.52. The Morgan fingerprint density at radius 2 is 1.82 bits per heavy atom. The van der Waals surface area contributed by atoms with E-state index < -0.39 is 17.6 Å². The first-order valence-corrected chi connectivity index (χ1v) is 7.65. The van der Waals surface area contributed by atoms with E-state index >= 15 is 0 Å². The van der Waals surface area contributed by atoms with Gasteiger partial charge in [0.1, 0.15) is 6.04 Å². The maximum Gasteiger partial charge on any atom is 0.407 e. The molecule has 0 bridgehead atoms. The van der Waals surface area contributed by atoms with Gasteiger partial charge in [0.25, 0.3) is 5.91 Å². The highest BCUT2D eigenvalue weighted by Gasteiger charge is 2.33. The molecule has 7 heteroatoms. The number of hydrogen-bond acceptors (Lipinski definition) is 4. The molecule has 0 aliphatic rings. The summed E-state index contributed by atoms with van der Waals surface area (Å²) >= 11 is 3.37. The highest BCUT2D eigenvalue weighted by atomic mass is 79.9. The number of ether oxygens (including phenoxy) is 1. The van der Waals surface area contributed by atoms with E-state index in [0.29, 0.717) is 6.54 Å². The molecule has 0 aliphatic heterocycles. The second-order valence-corrected chi connectivity index (χ2v) is 6.82. The minimum Gasteiger partial charge on any atom is -0.453 e. The Hall–Kier alpha value is -1.60. The maximum absolute atomic E-state index is 12.2. The van der Waals surface area contributed by atoms with Crippen LogP contribution in [0.25, 0.3) is 0 Å². The Labute approximate surface area is 139 Å². The number of benzene rings is 1. The van der Waals surface area contributed by atoms with Crippen LogP contribution in [0, 0.1) is 5.41 Å². The van der Waals surface area contributed by atoms with Crippen LogP contribution in [0.4, 0.5) is 4.79 Å². The zero-order valence-corrected chi connectivity index (χ0v) is 14.8. The average molecular weight is 372 g/mol. The molecular formula is C15H22BrN3O3. The first-order chi connectivity index (χ1) is 10.2. The Balaban J connectivity index is 2.56. The van der Waals surface area contributed by atoms with Gasteiger partial charge in [0.05, 0.1) is 7.11 Å². The summed E-state index contributed by atoms with van der Waals surface area (Å²) in [6.07, 6.45) is -0.636. The van der Waals surface area contributed by atoms with Gasteiger partial charge in [-0.05, 0) is 23.1 Å². The molecule has 6 nitrogen and oxygen atoms in total. The summed E-state index contributed by atoms with van der Waals surface area (Å²) < 4.78 is 5.55. The zero-order chi connectivity index (χ0) is 16.8. The van der Waals surface area contributed by atoms with E-state index in [1.54, 1.807) is 0 Å². The molecule has 0 unspecified atom stereocenters. The second-order valence-electron chi connectivity index (χ2n) is 5.90. The molecule has 3 N–H and O–H groups in total. The summed E-state index contributed by atoms with van der Waals surface area (Å²) in [6, 6.07) is 7.02. The number of carbonyl (C=O) groups excluding carboxylic acids is 2. The van der Waals surface area contributed by atoms with Gasteiger partial charge in [-0.15, -0.1) is 0 Å². The van der Waals surface area contributed by atoms with Crippen molar-refractivity contribution in [2.75, 3.05) is 7.11 Å². The molecule has 122 valence electrons. The van der Waals surface area contributed by atoms with Crippen LogP contribution >= 0.6 is 15.9 Å². The number of hydrazine groups is 1. The number of amides is 2. The molecule has 0 spiro atoms. The molecule has 1 aromatic rings. The summed E-state index contributed by atoms with van der Waals surface area (Å²) in [5, 5.41) is 2.54. The molecule has 0 saturated heterocycles. The second kappa shape index (κ2) is 8.14. The van der Waals surface area contributed by atoms with Gasteiger partial charge < -0.3 is 10.1 Å². The minimum atomic E-state index is -0.711. The van der Waals surface area contributed by atoms with E-state index in [1.165, 1.54) is 7.11 Å². The van der Waals surface area contributed by atoms with Gasteiger partial charge in [-0.1, -0.05) is 48.8 Å². The molecule has 0 heterocycles. The number of hydrogen-bond donors (Lipinski definition) is 3. The van der Waals surface area contributed by atoms with Crippen molar-refractivity contribution in [3.8, 4) is 0 Å². The van der Waals surface area contributed by atoms with Crippen LogP contribution in [0.3, 0.4) is 0 Å². The third kappa shape index (κ3) is 6.03. The minimum absolute atomic E-state index is 0.324. The SMILES string of the molecule is COC(=O)N[C@H](C(=O)NNCc1ccc(Br)cc1)C(C)(C)C. The van der Waals surface area contributed by atoms with Crippen molar-refractivity contribution in [2.45, 2.75) is 33.4 Å². The fourth-order valence-electron chi connectivity index (χ4n) is 1.76. The molecule has 0 aliphatic carbocycles. The van der Waals surface area contributed by atoms with E-state index in [1.807, 2.05) is 45.0 Å². The zero-order valence-electron chi connectivity index (χ0n) is 13.2. The number of halogens is 1. The Morgan fingerprint density at radius 1 is 1.23 bits per heavy atom. The molecule has 1 aromatic carbocycles. The molecule has 22 heavy (non-hydrogen) atoms. The number of nitrogens with one attached hydrogen (secondary N) is 3. The van der Waals surface area contributed by atoms with Crippen molar-refractivity contribution >= 4 is 27.9 Å². The molecule has 0 radical (unpaired) electrons. The normalized spacial score (nSPS) is 12.4. The summed E-state index contributed by atoms with van der Waals surface area (Å²) in [7, 11) is 1.26. The maximum atomic E-state index is 12.2. The molecular weight excluding hydrogens is 350 g/mol. The van der Waals surface area contributed by atoms with E-state index in [-0.39, 0.29) is 5.91 Å². The molecule has 1 atom stereocenters. The molecule has 0 fully saturated rings. The van der Waals surface area contributed by atoms with Crippen molar-refractivity contribution in [1.82, 2.24) is 16.2 Å². The van der Waals surface area contributed by atoms with Gasteiger partial charge in [0.2, 0.25) is 0 Å². The van der Waals surface area contributed by atoms with E-state index in [9.17, 15) is 9.59 Å². The lowest BCUT2D eigenvalue weighted by Crippen LogP contribution is -2.56. The largest absolute Gasteiger partial charge is 0.453 e. The Bertz CT molecular complexity index is 512. The highest BCUT2D eigenvalue weighted by molar-refractivity contribution is 9.10. The van der Waals surface area contributed by atoms with Crippen LogP contribution in [0.2, 0.25) is 0 Å². The molecule has 0 aromatic heterocycles. The number of carbonyl (C=O) groups is 2. The average Bonchev–Trinajstić information content (AvgIpc) is 2.45. The quantitative estimate of drug-likeness (QED) is 0.694. The summed E-state index contributed by atoms with van der Waals surface area (Å²) in [6.45, 7) is 6.07. The van der Waals surface area contributed by atoms with Crippen LogP contribution in [0.1, 0.15) is 26.3 Å². The van der Waals surface area contributed by atoms with Crippen LogP contribution in [-0.4, -0.2) is 25.2 Å². The first-order valence-electron chi connectivity index (χ1n) is 6.85. The predicted molar refractivity (Wildman–Crippen MR) is 87.9 cm³/mol. The van der Waals surface area contributed by atoms with Crippen molar-refractivity contribution in [3.63, 3.8) is 0 Å². The summed E-state index contributed by atoms with van der Waals surface area (Å²) in [5.74, 6) is -0.324. The third-order valence-electron chi connectivity index (χ3n) is 2.99. The lowest BCUT2D eigenvalue weighted by atomic mass is 9.86. The number of methoxy groups -OCH3 is 1. The van der Waals surface area contributed by atoms with Gasteiger partial charge >= 0.3 is 6.09 Å². The van der Waals surface area contributed by atoms with Gasteiger partial charge in [0, 0.05) is 11.0 Å². The van der Waals surface area contributed by atoms with Crippen molar-refractivity contribution in [3.05, 3.63) is 34.3 Å². The number of rotatable bonds is 5. The van der Waals surface area contributed by atoms with E-state index in [4.69, 9.17) is 0 Å². The predicted octanol–water partition coefficient (Wildman–Crippen LogP) is 2.34. The molecule has 2 amide bonds. The molecule has 0 saturated carbocycles. The number of alkyl carbamates (subject to hydrolysis) is 1. The van der Waals surface area contributed by atoms with Gasteiger partial charge in [-0.2, -0.15) is 0 Å². The van der Waals surface area contributed by atoms with Gasteiger partial charge in [0.15, 0.2) is 0 Å². The first kappa shape index (κ1) is 18.4. The van der Waals surface area contributed by atoms with Crippen LogP contribution in [-0.2, 0) is 16.1 Å². The topological polar surface area (TPSA) is 79.5 Å². The van der Waals surface area contributed by atoms with E-state index in [0.717, 1.165) is 10.0 Å². The Kier molecular flexibility index (Phi) is 6.83. The fourth-order valence-corrected chi connectivity index (χ4v) is 2.02. The highest BCUT2D eigenvalue weighted by Crippen LogP contribution is 2.19. The van der Waals surface area contributed by atoms with Crippen LogP contribution in [0.5, 0.6) is 0 Å².